The van der Waals surface area contributed by atoms with Gasteiger partial charge in [0.05, 0.1) is 6.10 Å². The average molecular weight is 220 g/mol. The molecule has 0 heterocycles. The minimum absolute atomic E-state index is 0.0170. The molecule has 1 atom stereocenters. The van der Waals surface area contributed by atoms with Crippen LogP contribution in [0.25, 0.3) is 0 Å². The van der Waals surface area contributed by atoms with Gasteiger partial charge in [-0.3, -0.25) is 0 Å². The lowest BCUT2D eigenvalue weighted by Crippen LogP contribution is -2.11. The highest BCUT2D eigenvalue weighted by atomic mass is 17.6. The van der Waals surface area contributed by atoms with Gasteiger partial charge in [0, 0.05) is 0 Å². The van der Waals surface area contributed by atoms with E-state index in [9.17, 15) is 0 Å². The number of hydrogen-bond acceptors (Lipinski definition) is 4. The van der Waals surface area contributed by atoms with E-state index in [1.165, 1.54) is 32.1 Å². The smallest absolute Gasteiger partial charge is 0.0959 e. The first kappa shape index (κ1) is 14.8. The van der Waals surface area contributed by atoms with Crippen LogP contribution >= 0.6 is 0 Å². The molecule has 1 N–H and O–H groups in total. The molecule has 0 aliphatic carbocycles. The zero-order chi connectivity index (χ0) is 11.4. The summed E-state index contributed by atoms with van der Waals surface area (Å²) in [7, 11) is 0. The summed E-state index contributed by atoms with van der Waals surface area (Å²) in [4.78, 5) is 4.80. The Balaban J connectivity index is 3.22. The summed E-state index contributed by atoms with van der Waals surface area (Å²) in [5.41, 5.74) is 0. The molecular formula is C11H24O4. The van der Waals surface area contributed by atoms with Gasteiger partial charge in [-0.05, 0) is 22.9 Å². The van der Waals surface area contributed by atoms with Crippen molar-refractivity contribution in [3.05, 3.63) is 0 Å². The second-order valence-electron chi connectivity index (χ2n) is 3.83. The van der Waals surface area contributed by atoms with Gasteiger partial charge in [0.1, 0.15) is 0 Å². The summed E-state index contributed by atoms with van der Waals surface area (Å²) in [6, 6.07) is 0. The molecule has 0 aromatic rings. The molecule has 1 unspecified atom stereocenters. The SMILES string of the molecule is CCCCCCCCC(CC)OOOO. The highest BCUT2D eigenvalue weighted by molar-refractivity contribution is 4.54. The topological polar surface area (TPSA) is 47.9 Å². The number of rotatable bonds is 11. The Bertz CT molecular complexity index is 119. The van der Waals surface area contributed by atoms with Crippen molar-refractivity contribution < 1.29 is 20.2 Å². The van der Waals surface area contributed by atoms with E-state index in [1.807, 2.05) is 6.92 Å². The molecule has 0 radical (unpaired) electrons. The van der Waals surface area contributed by atoms with E-state index in [0.717, 1.165) is 19.3 Å². The minimum Gasteiger partial charge on any atom is -0.219 e. The van der Waals surface area contributed by atoms with Crippen LogP contribution in [0.2, 0.25) is 0 Å². The molecule has 0 amide bonds. The first-order chi connectivity index (χ1) is 7.35. The van der Waals surface area contributed by atoms with Gasteiger partial charge in [-0.2, -0.15) is 0 Å². The Morgan fingerprint density at radius 1 is 1.00 bits per heavy atom. The number of unbranched alkanes of at least 4 members (excludes halogenated alkanes) is 5. The van der Waals surface area contributed by atoms with E-state index in [-0.39, 0.29) is 6.10 Å². The van der Waals surface area contributed by atoms with Crippen molar-refractivity contribution >= 4 is 0 Å². The summed E-state index contributed by atoms with van der Waals surface area (Å²) in [5, 5.41) is 15.4. The van der Waals surface area contributed by atoms with Crippen LogP contribution in [0.3, 0.4) is 0 Å². The van der Waals surface area contributed by atoms with Gasteiger partial charge < -0.3 is 0 Å². The highest BCUT2D eigenvalue weighted by Gasteiger charge is 2.07. The van der Waals surface area contributed by atoms with Crippen LogP contribution in [-0.4, -0.2) is 11.4 Å². The average Bonchev–Trinajstić information content (AvgIpc) is 2.27. The van der Waals surface area contributed by atoms with E-state index in [2.05, 4.69) is 17.0 Å². The zero-order valence-electron chi connectivity index (χ0n) is 9.91. The maximum absolute atomic E-state index is 7.93. The van der Waals surface area contributed by atoms with Gasteiger partial charge >= 0.3 is 0 Å². The van der Waals surface area contributed by atoms with Gasteiger partial charge in [-0.15, -0.1) is 0 Å². The van der Waals surface area contributed by atoms with Crippen molar-refractivity contribution in [3.63, 3.8) is 0 Å². The molecule has 0 spiro atoms. The lowest BCUT2D eigenvalue weighted by molar-refractivity contribution is -0.631. The third kappa shape index (κ3) is 10.1. The molecule has 0 fully saturated rings. The maximum Gasteiger partial charge on any atom is 0.0959 e. The lowest BCUT2D eigenvalue weighted by Gasteiger charge is -2.11. The molecule has 0 aliphatic rings. The maximum atomic E-state index is 7.93. The van der Waals surface area contributed by atoms with Crippen LogP contribution in [0, 0.1) is 0 Å². The largest absolute Gasteiger partial charge is 0.219 e. The molecule has 92 valence electrons. The fourth-order valence-electron chi connectivity index (χ4n) is 1.55. The molecular weight excluding hydrogens is 196 g/mol. The van der Waals surface area contributed by atoms with Gasteiger partial charge in [-0.1, -0.05) is 52.4 Å². The Morgan fingerprint density at radius 3 is 2.27 bits per heavy atom. The standard InChI is InChI=1S/C11H24O4/c1-3-5-6-7-8-9-10-11(4-2)13-15-14-12/h11-12H,3-10H2,1-2H3. The summed E-state index contributed by atoms with van der Waals surface area (Å²) in [6.07, 6.45) is 9.42. The molecule has 4 heteroatoms. The van der Waals surface area contributed by atoms with Gasteiger partial charge in [-0.25, -0.2) is 10.1 Å². The molecule has 0 saturated carbocycles. The third-order valence-electron chi connectivity index (χ3n) is 2.54. The van der Waals surface area contributed by atoms with Crippen molar-refractivity contribution in [3.8, 4) is 0 Å². The van der Waals surface area contributed by atoms with Crippen LogP contribution in [0.1, 0.15) is 65.2 Å². The van der Waals surface area contributed by atoms with Crippen molar-refractivity contribution in [2.24, 2.45) is 0 Å². The van der Waals surface area contributed by atoms with Crippen molar-refractivity contribution in [1.29, 1.82) is 0 Å². The van der Waals surface area contributed by atoms with Gasteiger partial charge in [0.15, 0.2) is 0 Å². The van der Waals surface area contributed by atoms with Crippen molar-refractivity contribution in [1.82, 2.24) is 0 Å². The highest BCUT2D eigenvalue weighted by Crippen LogP contribution is 2.12. The summed E-state index contributed by atoms with van der Waals surface area (Å²) in [5.74, 6) is 0. The normalized spacial score (nSPS) is 13.0. The molecule has 4 nitrogen and oxygen atoms in total. The van der Waals surface area contributed by atoms with Crippen LogP contribution in [0.4, 0.5) is 0 Å². The quantitative estimate of drug-likeness (QED) is 0.326. The van der Waals surface area contributed by atoms with E-state index >= 15 is 0 Å². The molecule has 15 heavy (non-hydrogen) atoms. The Labute approximate surface area is 92.3 Å². The van der Waals surface area contributed by atoms with Gasteiger partial charge in [0.2, 0.25) is 0 Å². The predicted molar refractivity (Wildman–Crippen MR) is 58.0 cm³/mol. The first-order valence-corrected chi connectivity index (χ1v) is 5.98. The summed E-state index contributed by atoms with van der Waals surface area (Å²) < 4.78 is 0. The van der Waals surface area contributed by atoms with Gasteiger partial charge in [0.25, 0.3) is 0 Å². The second-order valence-corrected chi connectivity index (χ2v) is 3.83. The van der Waals surface area contributed by atoms with E-state index < -0.39 is 0 Å². The molecule has 0 aromatic heterocycles. The molecule has 0 saturated heterocycles. The summed E-state index contributed by atoms with van der Waals surface area (Å²) in [6.45, 7) is 4.23. The monoisotopic (exact) mass is 220 g/mol. The van der Waals surface area contributed by atoms with Crippen LogP contribution in [-0.2, 0) is 15.0 Å². The lowest BCUT2D eigenvalue weighted by atomic mass is 10.1. The fourth-order valence-corrected chi connectivity index (χ4v) is 1.55. The van der Waals surface area contributed by atoms with E-state index in [4.69, 9.17) is 10.1 Å². The minimum atomic E-state index is 0.0170. The molecule has 0 aromatic carbocycles. The van der Waals surface area contributed by atoms with Crippen molar-refractivity contribution in [2.75, 3.05) is 0 Å². The first-order valence-electron chi connectivity index (χ1n) is 5.98. The Hall–Kier alpha value is -0.160. The summed E-state index contributed by atoms with van der Waals surface area (Å²) >= 11 is 0. The third-order valence-corrected chi connectivity index (χ3v) is 2.54. The van der Waals surface area contributed by atoms with Crippen LogP contribution < -0.4 is 0 Å². The second kappa shape index (κ2) is 11.9. The van der Waals surface area contributed by atoms with Crippen molar-refractivity contribution in [2.45, 2.75) is 71.3 Å². The molecule has 0 bridgehead atoms. The Kier molecular flexibility index (Phi) is 11.8. The van der Waals surface area contributed by atoms with E-state index in [0.29, 0.717) is 0 Å². The fraction of sp³-hybridized carbons (Fsp3) is 1.00. The molecule has 0 aliphatic heterocycles. The van der Waals surface area contributed by atoms with Crippen LogP contribution in [0.15, 0.2) is 0 Å². The van der Waals surface area contributed by atoms with Crippen LogP contribution in [0.5, 0.6) is 0 Å². The predicted octanol–water partition coefficient (Wildman–Crippen LogP) is 3.87. The zero-order valence-corrected chi connectivity index (χ0v) is 9.91. The Morgan fingerprint density at radius 2 is 1.67 bits per heavy atom. The molecule has 0 rings (SSSR count). The van der Waals surface area contributed by atoms with E-state index in [1.54, 1.807) is 0 Å². The number of hydrogen-bond donors (Lipinski definition) is 1.